The minimum atomic E-state index is -4.43. The van der Waals surface area contributed by atoms with Crippen molar-refractivity contribution < 1.29 is 69.1 Å². The number of ether oxygens (including phenoxy) is 1. The van der Waals surface area contributed by atoms with Crippen LogP contribution < -0.4 is 56.1 Å². The standard InChI is InChI=1S/C26H38O4S.K/c1-2-3-4-5-6-7-8-9-10-11-12-13-14-23-15-17-24(18-16-23)30-25-19-21-26(22-20-25)31(27,28)29;/h15-22H,2-14H2,1H3,(H,27,28,29);/q;+1/p-1. The zero-order chi connectivity index (χ0) is 22.4. The Kier molecular flexibility index (Phi) is 16.1. The molecule has 0 spiro atoms. The average molecular weight is 485 g/mol. The van der Waals surface area contributed by atoms with E-state index < -0.39 is 10.1 Å². The number of hydrogen-bond donors (Lipinski definition) is 0. The van der Waals surface area contributed by atoms with Gasteiger partial charge >= 0.3 is 51.4 Å². The molecule has 4 nitrogen and oxygen atoms in total. The second-order valence-electron chi connectivity index (χ2n) is 8.31. The molecule has 2 aromatic rings. The van der Waals surface area contributed by atoms with E-state index in [1.807, 2.05) is 12.1 Å². The molecule has 0 aromatic heterocycles. The molecule has 0 radical (unpaired) electrons. The van der Waals surface area contributed by atoms with Crippen LogP contribution in [0.15, 0.2) is 53.4 Å². The molecule has 0 aliphatic heterocycles. The predicted octanol–water partition coefficient (Wildman–Crippen LogP) is 4.63. The van der Waals surface area contributed by atoms with E-state index in [0.29, 0.717) is 11.5 Å². The second-order valence-corrected chi connectivity index (χ2v) is 9.69. The van der Waals surface area contributed by atoms with E-state index in [0.717, 1.165) is 6.42 Å². The van der Waals surface area contributed by atoms with Crippen LogP contribution in [0.4, 0.5) is 0 Å². The molecular formula is C26H37KO4S. The predicted molar refractivity (Wildman–Crippen MR) is 126 cm³/mol. The van der Waals surface area contributed by atoms with Crippen LogP contribution in [-0.2, 0) is 16.5 Å². The Hall–Kier alpha value is -0.214. The fraction of sp³-hybridized carbons (Fsp3) is 0.538. The molecular weight excluding hydrogens is 447 g/mol. The Bertz CT molecular complexity index is 833. The Balaban J connectivity index is 0.00000512. The van der Waals surface area contributed by atoms with E-state index in [9.17, 15) is 13.0 Å². The molecule has 172 valence electrons. The van der Waals surface area contributed by atoms with Crippen LogP contribution in [0.5, 0.6) is 11.5 Å². The third-order valence-electron chi connectivity index (χ3n) is 5.59. The zero-order valence-corrected chi connectivity index (χ0v) is 23.8. The van der Waals surface area contributed by atoms with Crippen molar-refractivity contribution in [2.24, 2.45) is 0 Å². The monoisotopic (exact) mass is 484 g/mol. The Morgan fingerprint density at radius 2 is 1.06 bits per heavy atom. The SMILES string of the molecule is CCCCCCCCCCCCCCc1ccc(Oc2ccc(S(=O)(=O)[O-])cc2)cc1.[K+]. The molecule has 0 aliphatic rings. The molecule has 6 heteroatoms. The van der Waals surface area contributed by atoms with Gasteiger partial charge in [-0.2, -0.15) is 0 Å². The smallest absolute Gasteiger partial charge is 0.744 e. The summed E-state index contributed by atoms with van der Waals surface area (Å²) in [6.07, 6.45) is 17.4. The van der Waals surface area contributed by atoms with Gasteiger partial charge in [-0.25, -0.2) is 8.42 Å². The van der Waals surface area contributed by atoms with Gasteiger partial charge in [0, 0.05) is 0 Å². The topological polar surface area (TPSA) is 66.4 Å². The number of benzene rings is 2. The first kappa shape index (κ1) is 29.8. The minimum absolute atomic E-state index is 0. The summed E-state index contributed by atoms with van der Waals surface area (Å²) in [5, 5.41) is 0. The van der Waals surface area contributed by atoms with Crippen LogP contribution in [0.1, 0.15) is 89.5 Å². The number of hydrogen-bond acceptors (Lipinski definition) is 4. The third-order valence-corrected chi connectivity index (χ3v) is 6.44. The fourth-order valence-corrected chi connectivity index (χ4v) is 4.17. The molecule has 2 rings (SSSR count). The van der Waals surface area contributed by atoms with Gasteiger partial charge in [0.2, 0.25) is 0 Å². The van der Waals surface area contributed by atoms with Crippen molar-refractivity contribution >= 4 is 10.1 Å². The van der Waals surface area contributed by atoms with Crippen LogP contribution in [0.2, 0.25) is 0 Å². The first-order chi connectivity index (χ1) is 15.0. The summed E-state index contributed by atoms with van der Waals surface area (Å²) < 4.78 is 38.6. The van der Waals surface area contributed by atoms with Crippen LogP contribution in [-0.4, -0.2) is 13.0 Å². The summed E-state index contributed by atoms with van der Waals surface area (Å²) in [4.78, 5) is -0.252. The first-order valence-corrected chi connectivity index (χ1v) is 13.2. The van der Waals surface area contributed by atoms with Gasteiger partial charge in [-0.3, -0.25) is 0 Å². The summed E-state index contributed by atoms with van der Waals surface area (Å²) in [6, 6.07) is 13.5. The quantitative estimate of drug-likeness (QED) is 0.198. The molecule has 0 aliphatic carbocycles. The van der Waals surface area contributed by atoms with E-state index in [4.69, 9.17) is 4.74 Å². The molecule has 32 heavy (non-hydrogen) atoms. The van der Waals surface area contributed by atoms with Gasteiger partial charge in [-0.05, 0) is 54.8 Å². The Morgan fingerprint density at radius 1 is 0.656 bits per heavy atom. The molecule has 0 heterocycles. The van der Waals surface area contributed by atoms with E-state index in [-0.39, 0.29) is 56.3 Å². The molecule has 0 fully saturated rings. The third kappa shape index (κ3) is 12.9. The number of aryl methyl sites for hydroxylation is 1. The molecule has 0 bridgehead atoms. The molecule has 0 N–H and O–H groups in total. The Morgan fingerprint density at radius 3 is 1.50 bits per heavy atom. The summed E-state index contributed by atoms with van der Waals surface area (Å²) >= 11 is 0. The normalized spacial score (nSPS) is 11.2. The first-order valence-electron chi connectivity index (χ1n) is 11.8. The van der Waals surface area contributed by atoms with Crippen molar-refractivity contribution in [3.63, 3.8) is 0 Å². The second kappa shape index (κ2) is 17.3. The van der Waals surface area contributed by atoms with Gasteiger partial charge in [0.1, 0.15) is 21.6 Å². The van der Waals surface area contributed by atoms with Gasteiger partial charge in [0.25, 0.3) is 0 Å². The minimum Gasteiger partial charge on any atom is -0.744 e. The van der Waals surface area contributed by atoms with Crippen molar-refractivity contribution in [3.8, 4) is 11.5 Å². The van der Waals surface area contributed by atoms with Crippen LogP contribution in [0.3, 0.4) is 0 Å². The van der Waals surface area contributed by atoms with Crippen molar-refractivity contribution in [1.29, 1.82) is 0 Å². The van der Waals surface area contributed by atoms with Crippen molar-refractivity contribution in [2.45, 2.75) is 95.3 Å². The van der Waals surface area contributed by atoms with E-state index in [1.165, 1.54) is 107 Å². The van der Waals surface area contributed by atoms with Gasteiger partial charge in [-0.1, -0.05) is 89.7 Å². The number of rotatable bonds is 16. The van der Waals surface area contributed by atoms with Crippen LogP contribution in [0, 0.1) is 0 Å². The molecule has 2 aromatic carbocycles. The fourth-order valence-electron chi connectivity index (χ4n) is 3.70. The van der Waals surface area contributed by atoms with E-state index in [1.54, 1.807) is 0 Å². The van der Waals surface area contributed by atoms with Crippen LogP contribution in [0.25, 0.3) is 0 Å². The summed E-state index contributed by atoms with van der Waals surface area (Å²) in [5.74, 6) is 1.19. The molecule has 0 unspecified atom stereocenters. The van der Waals surface area contributed by atoms with E-state index >= 15 is 0 Å². The van der Waals surface area contributed by atoms with Crippen molar-refractivity contribution in [2.75, 3.05) is 0 Å². The van der Waals surface area contributed by atoms with Gasteiger partial charge in [-0.15, -0.1) is 0 Å². The maximum Gasteiger partial charge on any atom is 1.00 e. The molecule has 0 atom stereocenters. The Labute approximate surface area is 237 Å². The van der Waals surface area contributed by atoms with Gasteiger partial charge in [0.15, 0.2) is 0 Å². The molecule has 0 amide bonds. The maximum atomic E-state index is 11.0. The van der Waals surface area contributed by atoms with Crippen LogP contribution >= 0.6 is 0 Å². The molecule has 0 saturated heterocycles. The van der Waals surface area contributed by atoms with Crippen molar-refractivity contribution in [1.82, 2.24) is 0 Å². The number of unbranched alkanes of at least 4 members (excludes halogenated alkanes) is 11. The largest absolute Gasteiger partial charge is 1.00 e. The maximum absolute atomic E-state index is 11.0. The van der Waals surface area contributed by atoms with Gasteiger partial charge in [0.05, 0.1) is 4.90 Å². The zero-order valence-electron chi connectivity index (χ0n) is 19.9. The molecule has 0 saturated carbocycles. The summed E-state index contributed by atoms with van der Waals surface area (Å²) in [5.41, 5.74) is 1.30. The van der Waals surface area contributed by atoms with Gasteiger partial charge < -0.3 is 9.29 Å². The van der Waals surface area contributed by atoms with E-state index in [2.05, 4.69) is 19.1 Å². The average Bonchev–Trinajstić information content (AvgIpc) is 2.75. The van der Waals surface area contributed by atoms with Crippen molar-refractivity contribution in [3.05, 3.63) is 54.1 Å². The summed E-state index contributed by atoms with van der Waals surface area (Å²) in [6.45, 7) is 2.27. The summed E-state index contributed by atoms with van der Waals surface area (Å²) in [7, 11) is -4.43.